The average molecular weight is 310 g/mol. The fourth-order valence-electron chi connectivity index (χ4n) is 2.94. The molecule has 0 aromatic heterocycles. The van der Waals surface area contributed by atoms with Crippen LogP contribution in [0.15, 0.2) is 54.6 Å². The zero-order chi connectivity index (χ0) is 16.4. The van der Waals surface area contributed by atoms with Gasteiger partial charge in [0.05, 0.1) is 11.4 Å². The molecule has 5 heteroatoms. The highest BCUT2D eigenvalue weighted by atomic mass is 16.4. The normalized spacial score (nSPS) is 18.0. The largest absolute Gasteiger partial charge is 0.480 e. The number of aliphatic carboxylic acids is 1. The maximum Gasteiger partial charge on any atom is 0.326 e. The molecular weight excluding hydrogens is 292 g/mol. The highest BCUT2D eigenvalue weighted by molar-refractivity contribution is 6.08. The van der Waals surface area contributed by atoms with Gasteiger partial charge in [0.2, 0.25) is 0 Å². The Kier molecular flexibility index (Phi) is 4.02. The molecule has 0 fully saturated rings. The number of hydrogen-bond acceptors (Lipinski definition) is 3. The smallest absolute Gasteiger partial charge is 0.326 e. The zero-order valence-electron chi connectivity index (χ0n) is 12.8. The van der Waals surface area contributed by atoms with Gasteiger partial charge >= 0.3 is 5.97 Å². The van der Waals surface area contributed by atoms with Crippen molar-refractivity contribution in [3.05, 3.63) is 60.2 Å². The zero-order valence-corrected chi connectivity index (χ0v) is 12.8. The van der Waals surface area contributed by atoms with Crippen molar-refractivity contribution in [1.82, 2.24) is 0 Å². The summed E-state index contributed by atoms with van der Waals surface area (Å²) < 4.78 is 0. The van der Waals surface area contributed by atoms with Gasteiger partial charge in [-0.3, -0.25) is 9.69 Å². The molecule has 118 valence electrons. The Bertz CT molecular complexity index is 730. The summed E-state index contributed by atoms with van der Waals surface area (Å²) in [5.74, 6) is -1.24. The molecule has 5 nitrogen and oxygen atoms in total. The quantitative estimate of drug-likeness (QED) is 0.910. The lowest BCUT2D eigenvalue weighted by molar-refractivity contribution is -0.140. The predicted octanol–water partition coefficient (Wildman–Crippen LogP) is 3.05. The van der Waals surface area contributed by atoms with Crippen molar-refractivity contribution in [3.63, 3.8) is 0 Å². The van der Waals surface area contributed by atoms with E-state index in [-0.39, 0.29) is 5.91 Å². The molecule has 1 aliphatic heterocycles. The van der Waals surface area contributed by atoms with Crippen LogP contribution >= 0.6 is 0 Å². The molecule has 2 aromatic carbocycles. The number of benzene rings is 2. The number of nitrogens with one attached hydrogen (secondary N) is 1. The highest BCUT2D eigenvalue weighted by Crippen LogP contribution is 2.38. The molecule has 2 unspecified atom stereocenters. The standard InChI is InChI=1S/C18H18N2O3/c1-2-14(18(22)23)20-15-11-7-6-10-13(15)19-16(17(20)21)12-8-4-3-5-9-12/h3-11,14,16,19H,2H2,1H3,(H,22,23). The van der Waals surface area contributed by atoms with Crippen LogP contribution < -0.4 is 10.2 Å². The van der Waals surface area contributed by atoms with E-state index in [1.54, 1.807) is 19.1 Å². The summed E-state index contributed by atoms with van der Waals surface area (Å²) in [5, 5.41) is 12.7. The minimum atomic E-state index is -0.996. The van der Waals surface area contributed by atoms with Gasteiger partial charge in [0.25, 0.3) is 5.91 Å². The predicted molar refractivity (Wildman–Crippen MR) is 88.4 cm³/mol. The van der Waals surface area contributed by atoms with E-state index >= 15 is 0 Å². The number of para-hydroxylation sites is 2. The Balaban J connectivity index is 2.10. The lowest BCUT2D eigenvalue weighted by Crippen LogP contribution is -2.51. The van der Waals surface area contributed by atoms with E-state index in [4.69, 9.17) is 0 Å². The van der Waals surface area contributed by atoms with Gasteiger partial charge in [-0.15, -0.1) is 0 Å². The van der Waals surface area contributed by atoms with Gasteiger partial charge in [0.1, 0.15) is 12.1 Å². The Morgan fingerprint density at radius 2 is 1.83 bits per heavy atom. The van der Waals surface area contributed by atoms with Crippen LogP contribution in [0.2, 0.25) is 0 Å². The lowest BCUT2D eigenvalue weighted by atomic mass is 9.99. The summed E-state index contributed by atoms with van der Waals surface area (Å²) in [5.41, 5.74) is 2.19. The number of amides is 1. The minimum absolute atomic E-state index is 0.246. The summed E-state index contributed by atoms with van der Waals surface area (Å²) in [4.78, 5) is 26.0. The second kappa shape index (κ2) is 6.12. The van der Waals surface area contributed by atoms with Crippen LogP contribution in [0.25, 0.3) is 0 Å². The van der Waals surface area contributed by atoms with Crippen LogP contribution in [0.1, 0.15) is 24.9 Å². The number of nitrogens with zero attached hydrogens (tertiary/aromatic N) is 1. The van der Waals surface area contributed by atoms with Crippen molar-refractivity contribution in [2.45, 2.75) is 25.4 Å². The maximum atomic E-state index is 13.0. The molecule has 23 heavy (non-hydrogen) atoms. The van der Waals surface area contributed by atoms with E-state index in [1.807, 2.05) is 42.5 Å². The first-order valence-electron chi connectivity index (χ1n) is 7.60. The van der Waals surface area contributed by atoms with E-state index in [9.17, 15) is 14.7 Å². The van der Waals surface area contributed by atoms with Gasteiger partial charge in [-0.1, -0.05) is 49.4 Å². The number of hydrogen-bond donors (Lipinski definition) is 2. The first-order valence-corrected chi connectivity index (χ1v) is 7.60. The number of rotatable bonds is 4. The fraction of sp³-hybridized carbons (Fsp3) is 0.222. The van der Waals surface area contributed by atoms with Crippen LogP contribution in [0.3, 0.4) is 0 Å². The summed E-state index contributed by atoms with van der Waals surface area (Å²) in [7, 11) is 0. The number of carboxylic acids is 1. The minimum Gasteiger partial charge on any atom is -0.480 e. The molecule has 2 aromatic rings. The summed E-state index contributed by atoms with van der Waals surface area (Å²) in [6.07, 6.45) is 0.344. The van der Waals surface area contributed by atoms with Gasteiger partial charge in [0.15, 0.2) is 0 Å². The Labute approximate surface area is 134 Å². The van der Waals surface area contributed by atoms with Crippen molar-refractivity contribution < 1.29 is 14.7 Å². The van der Waals surface area contributed by atoms with Gasteiger partial charge in [-0.25, -0.2) is 4.79 Å². The van der Waals surface area contributed by atoms with Gasteiger partial charge in [-0.2, -0.15) is 0 Å². The van der Waals surface area contributed by atoms with Gasteiger partial charge in [0, 0.05) is 0 Å². The van der Waals surface area contributed by atoms with Crippen LogP contribution in [0, 0.1) is 0 Å². The second-order valence-electron chi connectivity index (χ2n) is 5.48. The molecule has 0 spiro atoms. The topological polar surface area (TPSA) is 69.6 Å². The maximum absolute atomic E-state index is 13.0. The fourth-order valence-corrected chi connectivity index (χ4v) is 2.94. The second-order valence-corrected chi connectivity index (χ2v) is 5.48. The summed E-state index contributed by atoms with van der Waals surface area (Å²) in [6.45, 7) is 1.77. The van der Waals surface area contributed by atoms with Crippen LogP contribution in [0.4, 0.5) is 11.4 Å². The lowest BCUT2D eigenvalue weighted by Gasteiger charge is -2.38. The number of carbonyl (C=O) groups excluding carboxylic acids is 1. The van der Waals surface area contributed by atoms with Crippen LogP contribution in [0.5, 0.6) is 0 Å². The summed E-state index contributed by atoms with van der Waals surface area (Å²) in [6, 6.07) is 15.2. The van der Waals surface area contributed by atoms with Gasteiger partial charge < -0.3 is 10.4 Å². The molecule has 2 atom stereocenters. The van der Waals surface area contributed by atoms with Crippen molar-refractivity contribution >= 4 is 23.3 Å². The number of carboxylic acid groups (broad SMARTS) is 1. The molecule has 0 saturated carbocycles. The molecule has 1 heterocycles. The third-order valence-corrected chi connectivity index (χ3v) is 4.06. The van der Waals surface area contributed by atoms with Gasteiger partial charge in [-0.05, 0) is 24.1 Å². The van der Waals surface area contributed by atoms with Crippen molar-refractivity contribution in [2.75, 3.05) is 10.2 Å². The first-order chi connectivity index (χ1) is 11.1. The molecule has 0 bridgehead atoms. The van der Waals surface area contributed by atoms with Crippen molar-refractivity contribution in [2.24, 2.45) is 0 Å². The van der Waals surface area contributed by atoms with Crippen LogP contribution in [-0.4, -0.2) is 23.0 Å². The summed E-state index contributed by atoms with van der Waals surface area (Å²) >= 11 is 0. The average Bonchev–Trinajstić information content (AvgIpc) is 2.57. The third kappa shape index (κ3) is 2.65. The van der Waals surface area contributed by atoms with E-state index in [1.165, 1.54) is 4.90 Å². The molecule has 1 aliphatic rings. The Morgan fingerprint density at radius 1 is 1.17 bits per heavy atom. The third-order valence-electron chi connectivity index (χ3n) is 4.06. The SMILES string of the molecule is CCC(C(=O)O)N1C(=O)C(c2ccccc2)Nc2ccccc21. The van der Waals surface area contributed by atoms with Crippen LogP contribution in [-0.2, 0) is 9.59 Å². The number of anilines is 2. The van der Waals surface area contributed by atoms with E-state index in [2.05, 4.69) is 5.32 Å². The number of fused-ring (bicyclic) bond motifs is 1. The van der Waals surface area contributed by atoms with Crippen molar-refractivity contribution in [1.29, 1.82) is 0 Å². The van der Waals surface area contributed by atoms with E-state index < -0.39 is 18.1 Å². The first kappa shape index (κ1) is 15.1. The van der Waals surface area contributed by atoms with E-state index in [0.29, 0.717) is 12.1 Å². The van der Waals surface area contributed by atoms with E-state index in [0.717, 1.165) is 11.3 Å². The van der Waals surface area contributed by atoms with Crippen molar-refractivity contribution in [3.8, 4) is 0 Å². The molecule has 3 rings (SSSR count). The monoisotopic (exact) mass is 310 g/mol. The Hall–Kier alpha value is -2.82. The number of carbonyl (C=O) groups is 2. The highest BCUT2D eigenvalue weighted by Gasteiger charge is 2.39. The molecule has 0 saturated heterocycles. The Morgan fingerprint density at radius 3 is 2.48 bits per heavy atom. The molecular formula is C18H18N2O3. The molecule has 1 amide bonds. The molecule has 2 N–H and O–H groups in total. The molecule has 0 radical (unpaired) electrons. The molecule has 0 aliphatic carbocycles.